The van der Waals surface area contributed by atoms with Crippen LogP contribution in [0.3, 0.4) is 0 Å². The molecule has 0 atom stereocenters. The number of aromatic hydroxyl groups is 1. The molecule has 0 saturated heterocycles. The number of anilines is 1. The number of hydrogen-bond donors (Lipinski definition) is 2. The molecule has 1 aromatic carbocycles. The van der Waals surface area contributed by atoms with Crippen LogP contribution < -0.4 is 5.73 Å². The third-order valence-electron chi connectivity index (χ3n) is 2.87. The molecule has 0 aliphatic rings. The largest absolute Gasteiger partial charge is 0.508 e. The van der Waals surface area contributed by atoms with Crippen LogP contribution in [-0.2, 0) is 16.6 Å². The normalized spacial score (nSPS) is 11.7. The van der Waals surface area contributed by atoms with E-state index in [0.717, 1.165) is 4.31 Å². The molecule has 1 heterocycles. The van der Waals surface area contributed by atoms with Crippen molar-refractivity contribution >= 4 is 15.8 Å². The zero-order chi connectivity index (χ0) is 14.8. The van der Waals surface area contributed by atoms with E-state index in [4.69, 9.17) is 5.73 Å². The average Bonchev–Trinajstić information content (AvgIpc) is 2.41. The van der Waals surface area contributed by atoms with Gasteiger partial charge in [0, 0.05) is 25.4 Å². The van der Waals surface area contributed by atoms with Crippen LogP contribution in [0.25, 0.3) is 0 Å². The van der Waals surface area contributed by atoms with Gasteiger partial charge in [-0.2, -0.15) is 4.31 Å². The minimum atomic E-state index is -3.75. The predicted octanol–water partition coefficient (Wildman–Crippen LogP) is 1.19. The number of pyridine rings is 1. The molecular weight excluding hydrogens is 278 g/mol. The Morgan fingerprint density at radius 1 is 1.25 bits per heavy atom. The highest BCUT2D eigenvalue weighted by atomic mass is 32.2. The number of sulfonamides is 1. The first-order chi connectivity index (χ1) is 9.43. The molecule has 20 heavy (non-hydrogen) atoms. The van der Waals surface area contributed by atoms with Crippen LogP contribution in [0, 0.1) is 0 Å². The molecule has 106 valence electrons. The third kappa shape index (κ3) is 2.73. The molecule has 6 nitrogen and oxygen atoms in total. The summed E-state index contributed by atoms with van der Waals surface area (Å²) in [6.45, 7) is 0.0450. The summed E-state index contributed by atoms with van der Waals surface area (Å²) < 4.78 is 25.9. The van der Waals surface area contributed by atoms with E-state index in [2.05, 4.69) is 4.98 Å². The summed E-state index contributed by atoms with van der Waals surface area (Å²) in [4.78, 5) is 3.73. The number of hydrogen-bond acceptors (Lipinski definition) is 5. The molecule has 0 saturated carbocycles. The number of rotatable bonds is 4. The molecule has 0 radical (unpaired) electrons. The summed E-state index contributed by atoms with van der Waals surface area (Å²) in [5, 5.41) is 9.69. The van der Waals surface area contributed by atoms with Crippen LogP contribution in [0.5, 0.6) is 5.75 Å². The van der Waals surface area contributed by atoms with Gasteiger partial charge in [0.15, 0.2) is 0 Å². The molecule has 1 aromatic heterocycles. The quantitative estimate of drug-likeness (QED) is 0.882. The Morgan fingerprint density at radius 2 is 1.95 bits per heavy atom. The standard InChI is InChI=1S/C13H15N3O3S/c1-16(9-10-5-2-3-6-11(10)17)20(18,19)12-7-4-8-15-13(12)14/h2-8,17H,9H2,1H3,(H2,14,15). The summed E-state index contributed by atoms with van der Waals surface area (Å²) >= 11 is 0. The van der Waals surface area contributed by atoms with Gasteiger partial charge in [-0.05, 0) is 18.2 Å². The number of aromatic nitrogens is 1. The van der Waals surface area contributed by atoms with Crippen LogP contribution in [0.1, 0.15) is 5.56 Å². The first kappa shape index (κ1) is 14.3. The smallest absolute Gasteiger partial charge is 0.246 e. The Kier molecular flexibility index (Phi) is 3.91. The molecule has 0 spiro atoms. The molecule has 0 aliphatic carbocycles. The van der Waals surface area contributed by atoms with Crippen molar-refractivity contribution in [2.45, 2.75) is 11.4 Å². The lowest BCUT2D eigenvalue weighted by Gasteiger charge is -2.18. The second-order valence-corrected chi connectivity index (χ2v) is 6.29. The fourth-order valence-corrected chi connectivity index (χ4v) is 2.97. The fraction of sp³-hybridized carbons (Fsp3) is 0.154. The number of phenols is 1. The van der Waals surface area contributed by atoms with Crippen molar-refractivity contribution in [2.24, 2.45) is 0 Å². The van der Waals surface area contributed by atoms with E-state index >= 15 is 0 Å². The second-order valence-electron chi connectivity index (χ2n) is 4.28. The highest BCUT2D eigenvalue weighted by Gasteiger charge is 2.24. The van der Waals surface area contributed by atoms with Crippen molar-refractivity contribution in [3.8, 4) is 5.75 Å². The van der Waals surface area contributed by atoms with E-state index in [1.165, 1.54) is 31.4 Å². The van der Waals surface area contributed by atoms with Crippen molar-refractivity contribution in [2.75, 3.05) is 12.8 Å². The number of benzene rings is 1. The number of para-hydroxylation sites is 1. The second kappa shape index (κ2) is 5.48. The maximum Gasteiger partial charge on any atom is 0.246 e. The van der Waals surface area contributed by atoms with Crippen molar-refractivity contribution in [1.29, 1.82) is 0 Å². The summed E-state index contributed by atoms with van der Waals surface area (Å²) in [6, 6.07) is 9.48. The Balaban J connectivity index is 2.31. The highest BCUT2D eigenvalue weighted by molar-refractivity contribution is 7.89. The number of nitrogen functional groups attached to an aromatic ring is 1. The summed E-state index contributed by atoms with van der Waals surface area (Å²) in [5.74, 6) is 0.00495. The Morgan fingerprint density at radius 3 is 2.60 bits per heavy atom. The molecule has 0 amide bonds. The Bertz CT molecular complexity index is 716. The van der Waals surface area contributed by atoms with Gasteiger partial charge in [-0.25, -0.2) is 13.4 Å². The van der Waals surface area contributed by atoms with Gasteiger partial charge in [0.25, 0.3) is 0 Å². The first-order valence-corrected chi connectivity index (χ1v) is 7.30. The van der Waals surface area contributed by atoms with Crippen LogP contribution in [0.4, 0.5) is 5.82 Å². The number of phenolic OH excluding ortho intramolecular Hbond substituents is 1. The van der Waals surface area contributed by atoms with Crippen LogP contribution >= 0.6 is 0 Å². The molecule has 3 N–H and O–H groups in total. The van der Waals surface area contributed by atoms with Gasteiger partial charge in [-0.3, -0.25) is 0 Å². The zero-order valence-corrected chi connectivity index (χ0v) is 11.7. The molecule has 2 aromatic rings. The third-order valence-corrected chi connectivity index (χ3v) is 4.72. The minimum Gasteiger partial charge on any atom is -0.508 e. The van der Waals surface area contributed by atoms with Crippen molar-refractivity contribution in [1.82, 2.24) is 9.29 Å². The molecule has 0 fully saturated rings. The van der Waals surface area contributed by atoms with E-state index in [0.29, 0.717) is 5.56 Å². The minimum absolute atomic E-state index is 0.0436. The van der Waals surface area contributed by atoms with Crippen LogP contribution in [0.2, 0.25) is 0 Å². The van der Waals surface area contributed by atoms with E-state index in [-0.39, 0.29) is 23.0 Å². The number of nitrogens with zero attached hydrogens (tertiary/aromatic N) is 2. The highest BCUT2D eigenvalue weighted by Crippen LogP contribution is 2.23. The lowest BCUT2D eigenvalue weighted by Crippen LogP contribution is -2.27. The molecule has 0 unspecified atom stereocenters. The lowest BCUT2D eigenvalue weighted by atomic mass is 10.2. The molecule has 0 aliphatic heterocycles. The van der Waals surface area contributed by atoms with E-state index in [1.54, 1.807) is 18.2 Å². The first-order valence-electron chi connectivity index (χ1n) is 5.86. The maximum absolute atomic E-state index is 12.4. The van der Waals surface area contributed by atoms with E-state index < -0.39 is 10.0 Å². The monoisotopic (exact) mass is 293 g/mol. The Labute approximate surface area is 117 Å². The Hall–Kier alpha value is -2.12. The van der Waals surface area contributed by atoms with Crippen molar-refractivity contribution < 1.29 is 13.5 Å². The lowest BCUT2D eigenvalue weighted by molar-refractivity contribution is 0.436. The van der Waals surface area contributed by atoms with Gasteiger partial charge in [0.1, 0.15) is 16.5 Å². The van der Waals surface area contributed by atoms with Gasteiger partial charge < -0.3 is 10.8 Å². The van der Waals surface area contributed by atoms with Gasteiger partial charge in [-0.1, -0.05) is 18.2 Å². The summed E-state index contributed by atoms with van der Waals surface area (Å²) in [5.41, 5.74) is 6.12. The molecule has 7 heteroatoms. The van der Waals surface area contributed by atoms with Crippen LogP contribution in [-0.4, -0.2) is 29.9 Å². The maximum atomic E-state index is 12.4. The van der Waals surface area contributed by atoms with Crippen LogP contribution in [0.15, 0.2) is 47.5 Å². The zero-order valence-electron chi connectivity index (χ0n) is 10.9. The molecular formula is C13H15N3O3S. The summed E-state index contributed by atoms with van der Waals surface area (Å²) in [7, 11) is -2.33. The summed E-state index contributed by atoms with van der Waals surface area (Å²) in [6.07, 6.45) is 1.43. The van der Waals surface area contributed by atoms with E-state index in [9.17, 15) is 13.5 Å². The average molecular weight is 293 g/mol. The van der Waals surface area contributed by atoms with Gasteiger partial charge in [0.05, 0.1) is 0 Å². The van der Waals surface area contributed by atoms with Gasteiger partial charge >= 0.3 is 0 Å². The molecule has 2 rings (SSSR count). The predicted molar refractivity (Wildman–Crippen MR) is 75.4 cm³/mol. The fourth-order valence-electron chi connectivity index (χ4n) is 1.76. The van der Waals surface area contributed by atoms with Gasteiger partial charge in [0.2, 0.25) is 10.0 Å². The molecule has 0 bridgehead atoms. The van der Waals surface area contributed by atoms with Crippen molar-refractivity contribution in [3.63, 3.8) is 0 Å². The number of nitrogens with two attached hydrogens (primary N) is 1. The van der Waals surface area contributed by atoms with E-state index in [1.807, 2.05) is 0 Å². The SMILES string of the molecule is CN(Cc1ccccc1O)S(=O)(=O)c1cccnc1N. The topological polar surface area (TPSA) is 96.5 Å². The van der Waals surface area contributed by atoms with Gasteiger partial charge in [-0.15, -0.1) is 0 Å². The van der Waals surface area contributed by atoms with Crippen molar-refractivity contribution in [3.05, 3.63) is 48.2 Å².